The topological polar surface area (TPSA) is 39.2 Å². The molecule has 0 bridgehead atoms. The molecule has 1 aromatic heterocycles. The highest BCUT2D eigenvalue weighted by Gasteiger charge is 1.96. The summed E-state index contributed by atoms with van der Waals surface area (Å²) >= 11 is 4.94. The molecule has 0 spiro atoms. The van der Waals surface area contributed by atoms with Gasteiger partial charge in [0.15, 0.2) is 0 Å². The Morgan fingerprint density at radius 3 is 3.00 bits per heavy atom. The second-order valence-corrected chi connectivity index (χ2v) is 2.16. The number of hydrogen-bond donors (Lipinski definition) is 0. The molecule has 0 saturated carbocycles. The smallest absolute Gasteiger partial charge is 0.404 e. The Kier molecular flexibility index (Phi) is 2.86. The van der Waals surface area contributed by atoms with Gasteiger partial charge in [0.25, 0.3) is 0 Å². The van der Waals surface area contributed by atoms with Crippen molar-refractivity contribution in [2.45, 2.75) is 6.61 Å². The molecule has 0 amide bonds. The van der Waals surface area contributed by atoms with Gasteiger partial charge >= 0.3 is 5.43 Å². The van der Waals surface area contributed by atoms with Gasteiger partial charge in [-0.15, -0.1) is 0 Å². The van der Waals surface area contributed by atoms with Crippen LogP contribution in [-0.2, 0) is 11.3 Å². The highest BCUT2D eigenvalue weighted by atomic mass is 35.5. The predicted octanol–water partition coefficient (Wildman–Crippen LogP) is 1.96. The third kappa shape index (κ3) is 3.00. The van der Waals surface area contributed by atoms with Crippen molar-refractivity contribution in [1.29, 1.82) is 0 Å². The summed E-state index contributed by atoms with van der Waals surface area (Å²) in [7, 11) is 0. The van der Waals surface area contributed by atoms with Crippen LogP contribution in [0.15, 0.2) is 24.4 Å². The normalized spacial score (nSPS) is 9.18. The fraction of sp³-hybridized carbons (Fsp3) is 0.143. The molecule has 58 valence electrons. The first-order valence-electron chi connectivity index (χ1n) is 3.01. The van der Waals surface area contributed by atoms with Gasteiger partial charge in [-0.1, -0.05) is 6.07 Å². The molecule has 0 aromatic carbocycles. The molecule has 0 fully saturated rings. The van der Waals surface area contributed by atoms with E-state index in [0.29, 0.717) is 5.69 Å². The fourth-order valence-corrected chi connectivity index (χ4v) is 0.669. The molecular weight excluding hydrogens is 166 g/mol. The quantitative estimate of drug-likeness (QED) is 0.639. The summed E-state index contributed by atoms with van der Waals surface area (Å²) in [6.45, 7) is 0.128. The molecule has 0 aliphatic heterocycles. The third-order valence-electron chi connectivity index (χ3n) is 1.06. The Labute approximate surface area is 69.0 Å². The van der Waals surface area contributed by atoms with Crippen molar-refractivity contribution < 1.29 is 9.53 Å². The Morgan fingerprint density at radius 2 is 2.45 bits per heavy atom. The summed E-state index contributed by atoms with van der Waals surface area (Å²) in [6, 6.07) is 5.34. The van der Waals surface area contributed by atoms with Gasteiger partial charge in [0.05, 0.1) is 5.69 Å². The van der Waals surface area contributed by atoms with Crippen molar-refractivity contribution in [2.24, 2.45) is 0 Å². The van der Waals surface area contributed by atoms with E-state index in [1.54, 1.807) is 18.3 Å². The molecule has 3 nitrogen and oxygen atoms in total. The summed E-state index contributed by atoms with van der Waals surface area (Å²) in [5.41, 5.74) is -0.128. The summed E-state index contributed by atoms with van der Waals surface area (Å²) in [5, 5.41) is 0. The lowest BCUT2D eigenvalue weighted by atomic mass is 10.4. The molecule has 0 aliphatic rings. The summed E-state index contributed by atoms with van der Waals surface area (Å²) in [6.07, 6.45) is 1.62. The fourth-order valence-electron chi connectivity index (χ4n) is 0.614. The van der Waals surface area contributed by atoms with Crippen LogP contribution < -0.4 is 0 Å². The van der Waals surface area contributed by atoms with E-state index in [9.17, 15) is 4.79 Å². The minimum absolute atomic E-state index is 0.128. The lowest BCUT2D eigenvalue weighted by Gasteiger charge is -1.97. The highest BCUT2D eigenvalue weighted by Crippen LogP contribution is 1.97. The maximum absolute atomic E-state index is 10.1. The maximum atomic E-state index is 10.1. The van der Waals surface area contributed by atoms with Crippen molar-refractivity contribution >= 4 is 17.0 Å². The Balaban J connectivity index is 2.45. The van der Waals surface area contributed by atoms with Gasteiger partial charge in [0.1, 0.15) is 6.61 Å². The lowest BCUT2D eigenvalue weighted by Crippen LogP contribution is -1.96. The van der Waals surface area contributed by atoms with Crippen LogP contribution >= 0.6 is 11.6 Å². The first-order valence-corrected chi connectivity index (χ1v) is 3.39. The van der Waals surface area contributed by atoms with E-state index in [-0.39, 0.29) is 6.61 Å². The second-order valence-electron chi connectivity index (χ2n) is 1.85. The van der Waals surface area contributed by atoms with Crippen molar-refractivity contribution in [1.82, 2.24) is 4.98 Å². The van der Waals surface area contributed by atoms with E-state index in [1.165, 1.54) is 0 Å². The molecular formula is C7H6ClNO2. The maximum Gasteiger partial charge on any atom is 0.404 e. The van der Waals surface area contributed by atoms with E-state index < -0.39 is 5.43 Å². The van der Waals surface area contributed by atoms with Crippen LogP contribution in [0.1, 0.15) is 5.69 Å². The van der Waals surface area contributed by atoms with Gasteiger partial charge in [-0.05, 0) is 12.1 Å². The van der Waals surface area contributed by atoms with Crippen LogP contribution in [0.5, 0.6) is 0 Å². The van der Waals surface area contributed by atoms with Crippen molar-refractivity contribution in [2.75, 3.05) is 0 Å². The van der Waals surface area contributed by atoms with Crippen molar-refractivity contribution in [3.05, 3.63) is 30.1 Å². The van der Waals surface area contributed by atoms with Gasteiger partial charge in [-0.2, -0.15) is 0 Å². The molecule has 0 aliphatic carbocycles. The zero-order chi connectivity index (χ0) is 8.10. The number of aromatic nitrogens is 1. The molecule has 0 radical (unpaired) electrons. The molecule has 0 unspecified atom stereocenters. The van der Waals surface area contributed by atoms with E-state index >= 15 is 0 Å². The van der Waals surface area contributed by atoms with Crippen molar-refractivity contribution in [3.63, 3.8) is 0 Å². The second kappa shape index (κ2) is 3.93. The number of hydrogen-bond acceptors (Lipinski definition) is 3. The first-order chi connectivity index (χ1) is 5.29. The first kappa shape index (κ1) is 8.01. The number of carbonyl (C=O) groups excluding carboxylic acids is 1. The largest absolute Gasteiger partial charge is 0.447 e. The zero-order valence-electron chi connectivity index (χ0n) is 5.66. The molecule has 0 saturated heterocycles. The highest BCUT2D eigenvalue weighted by molar-refractivity contribution is 6.61. The number of nitrogens with zero attached hydrogens (tertiary/aromatic N) is 1. The van der Waals surface area contributed by atoms with Gasteiger partial charge in [0.2, 0.25) is 0 Å². The van der Waals surface area contributed by atoms with Crippen molar-refractivity contribution in [3.8, 4) is 0 Å². The summed E-state index contributed by atoms with van der Waals surface area (Å²) in [5.74, 6) is 0. The van der Waals surface area contributed by atoms with Gasteiger partial charge in [0, 0.05) is 17.8 Å². The number of carbonyl (C=O) groups is 1. The standard InChI is InChI=1S/C7H6ClNO2/c8-7(10)11-5-6-3-1-2-4-9-6/h1-4H,5H2. The molecule has 1 aromatic rings. The Morgan fingerprint density at radius 1 is 1.64 bits per heavy atom. The van der Waals surface area contributed by atoms with E-state index in [4.69, 9.17) is 11.6 Å². The van der Waals surface area contributed by atoms with E-state index in [1.807, 2.05) is 6.07 Å². The lowest BCUT2D eigenvalue weighted by molar-refractivity contribution is 0.165. The van der Waals surface area contributed by atoms with Crippen LogP contribution in [0, 0.1) is 0 Å². The SMILES string of the molecule is O=C(Cl)OCc1ccccn1. The van der Waals surface area contributed by atoms with Gasteiger partial charge in [-0.3, -0.25) is 4.98 Å². The van der Waals surface area contributed by atoms with Crippen LogP contribution in [-0.4, -0.2) is 10.4 Å². The average Bonchev–Trinajstić information content (AvgIpc) is 2.03. The number of ether oxygens (including phenoxy) is 1. The third-order valence-corrected chi connectivity index (χ3v) is 1.17. The molecule has 0 atom stereocenters. The number of pyridine rings is 1. The van der Waals surface area contributed by atoms with Crippen LogP contribution in [0.2, 0.25) is 0 Å². The molecule has 0 N–H and O–H groups in total. The average molecular weight is 172 g/mol. The molecule has 11 heavy (non-hydrogen) atoms. The summed E-state index contributed by atoms with van der Waals surface area (Å²) < 4.78 is 4.49. The predicted molar refractivity (Wildman–Crippen MR) is 40.3 cm³/mol. The van der Waals surface area contributed by atoms with Gasteiger partial charge < -0.3 is 4.74 Å². The summed E-state index contributed by atoms with van der Waals surface area (Å²) in [4.78, 5) is 14.0. The molecule has 1 heterocycles. The molecule has 1 rings (SSSR count). The van der Waals surface area contributed by atoms with Crippen LogP contribution in [0.25, 0.3) is 0 Å². The Bertz CT molecular complexity index is 237. The molecule has 4 heteroatoms. The number of halogens is 1. The van der Waals surface area contributed by atoms with Crippen LogP contribution in [0.3, 0.4) is 0 Å². The minimum atomic E-state index is -0.810. The Hall–Kier alpha value is -1.09. The van der Waals surface area contributed by atoms with E-state index in [2.05, 4.69) is 9.72 Å². The minimum Gasteiger partial charge on any atom is -0.447 e. The number of rotatable bonds is 2. The van der Waals surface area contributed by atoms with Crippen LogP contribution in [0.4, 0.5) is 4.79 Å². The van der Waals surface area contributed by atoms with Gasteiger partial charge in [-0.25, -0.2) is 4.79 Å². The zero-order valence-corrected chi connectivity index (χ0v) is 6.41. The monoisotopic (exact) mass is 171 g/mol. The van der Waals surface area contributed by atoms with E-state index in [0.717, 1.165) is 0 Å².